The maximum atomic E-state index is 11.9. The molecule has 0 bridgehead atoms. The second-order valence-electron chi connectivity index (χ2n) is 9.69. The lowest BCUT2D eigenvalue weighted by atomic mass is 10.0. The number of aromatic nitrogens is 2. The van der Waals surface area contributed by atoms with Gasteiger partial charge < -0.3 is 19.7 Å². The summed E-state index contributed by atoms with van der Waals surface area (Å²) < 4.78 is 58.2. The Balaban J connectivity index is 0.000000260. The Morgan fingerprint density at radius 1 is 0.771 bits per heavy atom. The quantitative estimate of drug-likeness (QED) is 0.183. The first-order valence-electron chi connectivity index (χ1n) is 13.5. The minimum Gasteiger partial charge on any atom is -0.481 e. The Labute approximate surface area is 291 Å². The molecule has 2 N–H and O–H groups in total. The molecule has 3 aromatic carbocycles. The molecule has 0 saturated heterocycles. The van der Waals surface area contributed by atoms with Crippen LogP contribution in [0.4, 0.5) is 5.95 Å². The van der Waals surface area contributed by atoms with Crippen LogP contribution in [0.1, 0.15) is 6.92 Å². The fourth-order valence-corrected chi connectivity index (χ4v) is 5.81. The van der Waals surface area contributed by atoms with Crippen LogP contribution in [0, 0.1) is 0 Å². The minimum absolute atomic E-state index is 0.0104. The van der Waals surface area contributed by atoms with Gasteiger partial charge in [0.15, 0.2) is 23.1 Å². The number of rotatable bonds is 12. The minimum atomic E-state index is -3.47. The molecule has 1 aromatic heterocycles. The molecule has 0 saturated carbocycles. The Morgan fingerprint density at radius 3 is 1.73 bits per heavy atom. The lowest BCUT2D eigenvalue weighted by Crippen LogP contribution is -2.26. The van der Waals surface area contributed by atoms with E-state index in [2.05, 4.69) is 9.97 Å². The molecule has 4 aromatic rings. The van der Waals surface area contributed by atoms with Crippen molar-refractivity contribution in [2.24, 2.45) is 0 Å². The average molecular weight is 761 g/mol. The van der Waals surface area contributed by atoms with Gasteiger partial charge in [-0.2, -0.15) is 0 Å². The lowest BCUT2D eigenvalue weighted by molar-refractivity contribution is -0.140. The van der Waals surface area contributed by atoms with E-state index >= 15 is 0 Å². The highest BCUT2D eigenvalue weighted by Gasteiger charge is 2.18. The highest BCUT2D eigenvalue weighted by molar-refractivity contribution is 7.92. The van der Waals surface area contributed by atoms with Crippen LogP contribution in [0.15, 0.2) is 71.9 Å². The molecule has 256 valence electrons. The highest BCUT2D eigenvalue weighted by atomic mass is 35.5. The van der Waals surface area contributed by atoms with Crippen molar-refractivity contribution in [3.63, 3.8) is 0 Å². The van der Waals surface area contributed by atoms with Crippen LogP contribution in [-0.4, -0.2) is 81.2 Å². The van der Waals surface area contributed by atoms with Crippen molar-refractivity contribution in [3.05, 3.63) is 82.1 Å². The van der Waals surface area contributed by atoms with Gasteiger partial charge in [0.1, 0.15) is 11.5 Å². The molecule has 0 unspecified atom stereocenters. The third-order valence-electron chi connectivity index (χ3n) is 6.28. The molecule has 18 heteroatoms. The molecule has 1 heterocycles. The monoisotopic (exact) mass is 759 g/mol. The van der Waals surface area contributed by atoms with Crippen LogP contribution in [0.3, 0.4) is 0 Å². The fourth-order valence-electron chi connectivity index (χ4n) is 3.82. The Bertz CT molecular complexity index is 2030. The number of hydrogen-bond acceptors (Lipinski definition) is 10. The number of sulfone groups is 1. The van der Waals surface area contributed by atoms with Crippen LogP contribution in [0.2, 0.25) is 15.1 Å². The van der Waals surface area contributed by atoms with E-state index in [9.17, 15) is 26.4 Å². The molecule has 0 amide bonds. The molecular weight excluding hydrogens is 733 g/mol. The zero-order valence-electron chi connectivity index (χ0n) is 25.4. The molecule has 0 aliphatic heterocycles. The largest absolute Gasteiger partial charge is 0.481 e. The van der Waals surface area contributed by atoms with Crippen molar-refractivity contribution in [3.8, 4) is 33.8 Å². The van der Waals surface area contributed by atoms with Crippen LogP contribution < -0.4 is 13.8 Å². The number of carboxylic acids is 2. The van der Waals surface area contributed by atoms with Crippen molar-refractivity contribution >= 4 is 72.6 Å². The zero-order chi connectivity index (χ0) is 35.8. The number of anilines is 1. The number of nitrogens with zero attached hydrogens (tertiary/aromatic N) is 3. The van der Waals surface area contributed by atoms with Crippen molar-refractivity contribution in [2.45, 2.75) is 11.8 Å². The molecule has 0 aliphatic rings. The maximum absolute atomic E-state index is 11.9. The summed E-state index contributed by atoms with van der Waals surface area (Å²) in [4.78, 5) is 29.5. The van der Waals surface area contributed by atoms with Gasteiger partial charge in [0.25, 0.3) is 0 Å². The molecule has 0 radical (unpaired) electrons. The first-order valence-corrected chi connectivity index (χ1v) is 18.1. The maximum Gasteiger partial charge on any atom is 0.341 e. The standard InChI is InChI=1S/C16H14Cl2O5S.C14H14ClN3O5S/c1-2-24(21,22)11-4-5-12(14(18)8-11)13-7-10(17)3-6-15(13)23-9-16(19)20;1-18(24(2,21)22)14-16-6-9(7-17-14)11-5-10(15)3-4-12(11)23-8-13(19)20/h3-8H,2,9H2,1H3,(H,19,20);3-7H,8H2,1-2H3,(H,19,20). The van der Waals surface area contributed by atoms with E-state index in [0.717, 1.165) is 10.6 Å². The van der Waals surface area contributed by atoms with E-state index in [4.69, 9.17) is 54.5 Å². The van der Waals surface area contributed by atoms with E-state index in [-0.39, 0.29) is 27.4 Å². The van der Waals surface area contributed by atoms with Crippen molar-refractivity contribution in [1.82, 2.24) is 9.97 Å². The SMILES string of the molecule is CCS(=O)(=O)c1ccc(-c2cc(Cl)ccc2OCC(=O)O)c(Cl)c1.CN(c1ncc(-c2cc(Cl)ccc2OCC(=O)O)cn1)S(C)(=O)=O. The summed E-state index contributed by atoms with van der Waals surface area (Å²) in [5, 5.41) is 18.5. The van der Waals surface area contributed by atoms with Crippen LogP contribution in [0.25, 0.3) is 22.3 Å². The molecule has 48 heavy (non-hydrogen) atoms. The number of ether oxygens (including phenoxy) is 2. The Kier molecular flexibility index (Phi) is 13.0. The van der Waals surface area contributed by atoms with E-state index in [1.54, 1.807) is 37.3 Å². The number of halogens is 3. The van der Waals surface area contributed by atoms with Gasteiger partial charge in [-0.05, 0) is 48.5 Å². The summed E-state index contributed by atoms with van der Waals surface area (Å²) in [5.41, 5.74) is 1.98. The molecular formula is C30H28Cl3N3O10S2. The summed E-state index contributed by atoms with van der Waals surface area (Å²) in [6, 6.07) is 13.7. The average Bonchev–Trinajstić information content (AvgIpc) is 3.03. The molecule has 0 atom stereocenters. The zero-order valence-corrected chi connectivity index (χ0v) is 29.3. The van der Waals surface area contributed by atoms with E-state index in [1.807, 2.05) is 0 Å². The normalized spacial score (nSPS) is 11.2. The summed E-state index contributed by atoms with van der Waals surface area (Å²) in [7, 11) is -5.51. The summed E-state index contributed by atoms with van der Waals surface area (Å²) in [6.07, 6.45) is 3.85. The lowest BCUT2D eigenvalue weighted by Gasteiger charge is -2.15. The molecule has 4 rings (SSSR count). The fraction of sp³-hybridized carbons (Fsp3) is 0.200. The van der Waals surface area contributed by atoms with Crippen molar-refractivity contribution in [2.75, 3.05) is 36.6 Å². The molecule has 13 nitrogen and oxygen atoms in total. The Hall–Kier alpha value is -4.15. The number of hydrogen-bond donors (Lipinski definition) is 2. The summed E-state index contributed by atoms with van der Waals surface area (Å²) in [5.74, 6) is -1.67. The van der Waals surface area contributed by atoms with Crippen molar-refractivity contribution < 1.29 is 46.1 Å². The predicted octanol–water partition coefficient (Wildman–Crippen LogP) is 5.57. The van der Waals surface area contributed by atoms with Gasteiger partial charge in [0.05, 0.1) is 16.9 Å². The van der Waals surface area contributed by atoms with Gasteiger partial charge in [-0.25, -0.2) is 40.7 Å². The van der Waals surface area contributed by atoms with E-state index < -0.39 is 45.0 Å². The molecule has 0 fully saturated rings. The van der Waals surface area contributed by atoms with Gasteiger partial charge in [-0.15, -0.1) is 0 Å². The van der Waals surface area contributed by atoms with Gasteiger partial charge >= 0.3 is 11.9 Å². The van der Waals surface area contributed by atoms with Crippen molar-refractivity contribution in [1.29, 1.82) is 0 Å². The van der Waals surface area contributed by atoms with E-state index in [0.29, 0.717) is 38.0 Å². The number of benzene rings is 3. The smallest absolute Gasteiger partial charge is 0.341 e. The topological polar surface area (TPSA) is 190 Å². The van der Waals surface area contributed by atoms with Crippen LogP contribution >= 0.6 is 34.8 Å². The predicted molar refractivity (Wildman–Crippen MR) is 182 cm³/mol. The van der Waals surface area contributed by atoms with Gasteiger partial charge in [-0.1, -0.05) is 47.8 Å². The highest BCUT2D eigenvalue weighted by Crippen LogP contribution is 2.38. The van der Waals surface area contributed by atoms with Crippen LogP contribution in [0.5, 0.6) is 11.5 Å². The van der Waals surface area contributed by atoms with Crippen LogP contribution in [-0.2, 0) is 29.4 Å². The third-order valence-corrected chi connectivity index (χ3v) is 9.96. The second-order valence-corrected chi connectivity index (χ2v) is 15.3. The Morgan fingerprint density at radius 2 is 1.27 bits per heavy atom. The number of carbonyl (C=O) groups is 2. The number of aliphatic carboxylic acids is 2. The summed E-state index contributed by atoms with van der Waals surface area (Å²) >= 11 is 18.2. The molecule has 0 aliphatic carbocycles. The van der Waals surface area contributed by atoms with Gasteiger partial charge in [-0.3, -0.25) is 0 Å². The third kappa shape index (κ3) is 10.4. The van der Waals surface area contributed by atoms with Gasteiger partial charge in [0, 0.05) is 56.8 Å². The second kappa shape index (κ2) is 16.3. The summed E-state index contributed by atoms with van der Waals surface area (Å²) in [6.45, 7) is 0.519. The van der Waals surface area contributed by atoms with E-state index in [1.165, 1.54) is 43.7 Å². The first-order chi connectivity index (χ1) is 22.4. The molecule has 0 spiro atoms. The number of carboxylic acid groups (broad SMARTS) is 2. The number of sulfonamides is 1. The first kappa shape index (κ1) is 38.3. The van der Waals surface area contributed by atoms with Gasteiger partial charge in [0.2, 0.25) is 16.0 Å².